The maximum Gasteiger partial charge on any atom is 0.130 e. The van der Waals surface area contributed by atoms with E-state index < -0.39 is 6.10 Å². The van der Waals surface area contributed by atoms with Crippen LogP contribution in [-0.2, 0) is 0 Å². The minimum Gasteiger partial charge on any atom is -0.389 e. The van der Waals surface area contributed by atoms with Crippen molar-refractivity contribution in [3.05, 3.63) is 77.9 Å². The highest BCUT2D eigenvalue weighted by Gasteiger charge is 2.28. The molecule has 2 saturated carbocycles. The number of nitrogens with zero attached hydrogens (tertiary/aromatic N) is 1. The van der Waals surface area contributed by atoms with E-state index in [0.29, 0.717) is 0 Å². The lowest BCUT2D eigenvalue weighted by Crippen LogP contribution is -2.28. The molecular formula is C27H28N2O. The summed E-state index contributed by atoms with van der Waals surface area (Å²) in [6, 6.07) is 24.1. The van der Waals surface area contributed by atoms with Crippen molar-refractivity contribution >= 4 is 27.5 Å². The molecule has 3 nitrogen and oxygen atoms in total. The third-order valence-electron chi connectivity index (χ3n) is 6.77. The van der Waals surface area contributed by atoms with Crippen LogP contribution in [-0.4, -0.2) is 15.8 Å². The molecule has 3 heteroatoms. The van der Waals surface area contributed by atoms with Gasteiger partial charge in [0.25, 0.3) is 0 Å². The lowest BCUT2D eigenvalue weighted by Gasteiger charge is -2.26. The first-order valence-electron chi connectivity index (χ1n) is 11.3. The lowest BCUT2D eigenvalue weighted by atomic mass is 10.0. The maximum absolute atomic E-state index is 10.8. The monoisotopic (exact) mass is 396 g/mol. The maximum atomic E-state index is 10.8. The number of aliphatic hydroxyl groups is 1. The molecule has 2 aliphatic carbocycles. The highest BCUT2D eigenvalue weighted by molar-refractivity contribution is 6.08. The second-order valence-corrected chi connectivity index (χ2v) is 9.17. The van der Waals surface area contributed by atoms with Gasteiger partial charge in [-0.2, -0.15) is 0 Å². The van der Waals surface area contributed by atoms with Crippen molar-refractivity contribution < 1.29 is 5.11 Å². The first-order chi connectivity index (χ1) is 14.7. The normalized spacial score (nSPS) is 18.6. The summed E-state index contributed by atoms with van der Waals surface area (Å²) in [6.07, 6.45) is 4.44. The van der Waals surface area contributed by atoms with Gasteiger partial charge in [0.15, 0.2) is 0 Å². The largest absolute Gasteiger partial charge is 0.389 e. The summed E-state index contributed by atoms with van der Waals surface area (Å²) in [4.78, 5) is 0. The number of benzene rings is 3. The molecule has 0 amide bonds. The molecule has 0 saturated heterocycles. The van der Waals surface area contributed by atoms with Gasteiger partial charge in [-0.3, -0.25) is 0 Å². The minimum atomic E-state index is -0.546. The van der Waals surface area contributed by atoms with Gasteiger partial charge in [-0.1, -0.05) is 30.3 Å². The molecule has 6 rings (SSSR count). The van der Waals surface area contributed by atoms with Crippen LogP contribution in [0.2, 0.25) is 0 Å². The summed E-state index contributed by atoms with van der Waals surface area (Å²) in [7, 11) is 0. The Kier molecular flexibility index (Phi) is 4.14. The Morgan fingerprint density at radius 1 is 0.800 bits per heavy atom. The topological polar surface area (TPSA) is 37.2 Å². The molecule has 0 aliphatic heterocycles. The molecule has 1 aromatic heterocycles. The van der Waals surface area contributed by atoms with Crippen molar-refractivity contribution in [1.82, 2.24) is 4.57 Å². The van der Waals surface area contributed by atoms with E-state index in [9.17, 15) is 5.11 Å². The second kappa shape index (κ2) is 6.88. The quantitative estimate of drug-likeness (QED) is 0.388. The van der Waals surface area contributed by atoms with Crippen molar-refractivity contribution in [1.29, 1.82) is 0 Å². The molecular weight excluding hydrogens is 368 g/mol. The number of aliphatic hydroxyl groups excluding tert-OH is 1. The molecule has 0 bridgehead atoms. The van der Waals surface area contributed by atoms with Crippen molar-refractivity contribution in [2.24, 2.45) is 0 Å². The SMILES string of the molecule is CC(O)C(Nc1ccccc1)n1c2ccc(C3CC3)cc2c2cc(C3CC3)ccc21. The zero-order valence-electron chi connectivity index (χ0n) is 17.4. The fourth-order valence-corrected chi connectivity index (χ4v) is 4.84. The Balaban J connectivity index is 1.56. The van der Waals surface area contributed by atoms with E-state index in [1.165, 1.54) is 58.6 Å². The van der Waals surface area contributed by atoms with E-state index in [1.54, 1.807) is 0 Å². The summed E-state index contributed by atoms with van der Waals surface area (Å²) in [5.41, 5.74) is 6.32. The van der Waals surface area contributed by atoms with Gasteiger partial charge < -0.3 is 15.0 Å². The van der Waals surface area contributed by atoms with Crippen LogP contribution >= 0.6 is 0 Å². The molecule has 2 N–H and O–H groups in total. The zero-order chi connectivity index (χ0) is 20.2. The van der Waals surface area contributed by atoms with Gasteiger partial charge in [0.2, 0.25) is 0 Å². The van der Waals surface area contributed by atoms with E-state index in [1.807, 2.05) is 25.1 Å². The Hall–Kier alpha value is -2.78. The molecule has 2 fully saturated rings. The lowest BCUT2D eigenvalue weighted by molar-refractivity contribution is 0.147. The Morgan fingerprint density at radius 3 is 1.80 bits per heavy atom. The third kappa shape index (κ3) is 3.09. The molecule has 1 heterocycles. The summed E-state index contributed by atoms with van der Waals surface area (Å²) in [5, 5.41) is 17.0. The van der Waals surface area contributed by atoms with E-state index in [4.69, 9.17) is 0 Å². The fraction of sp³-hybridized carbons (Fsp3) is 0.333. The van der Waals surface area contributed by atoms with Crippen LogP contribution in [0.1, 0.15) is 61.7 Å². The minimum absolute atomic E-state index is 0.244. The third-order valence-corrected chi connectivity index (χ3v) is 6.77. The molecule has 2 atom stereocenters. The fourth-order valence-electron chi connectivity index (χ4n) is 4.84. The van der Waals surface area contributed by atoms with Gasteiger partial charge in [0, 0.05) is 16.5 Å². The van der Waals surface area contributed by atoms with Crippen LogP contribution in [0.4, 0.5) is 5.69 Å². The van der Waals surface area contributed by atoms with E-state index in [-0.39, 0.29) is 6.17 Å². The predicted molar refractivity (Wildman–Crippen MR) is 124 cm³/mol. The first kappa shape index (κ1) is 18.0. The number of para-hydroxylation sites is 1. The summed E-state index contributed by atoms with van der Waals surface area (Å²) < 4.78 is 2.30. The molecule has 0 radical (unpaired) electrons. The van der Waals surface area contributed by atoms with Crippen LogP contribution in [0.15, 0.2) is 66.7 Å². The van der Waals surface area contributed by atoms with Gasteiger partial charge >= 0.3 is 0 Å². The Bertz CT molecular complexity index is 1150. The number of fused-ring (bicyclic) bond motifs is 3. The first-order valence-corrected chi connectivity index (χ1v) is 11.3. The predicted octanol–water partition coefficient (Wildman–Crippen LogP) is 6.54. The van der Waals surface area contributed by atoms with Gasteiger partial charge in [0.05, 0.1) is 17.1 Å². The molecule has 4 aromatic rings. The highest BCUT2D eigenvalue weighted by atomic mass is 16.3. The van der Waals surface area contributed by atoms with E-state index >= 15 is 0 Å². The average Bonchev–Trinajstić information content (AvgIpc) is 3.68. The Labute approximate surface area is 177 Å². The van der Waals surface area contributed by atoms with Crippen LogP contribution in [0.3, 0.4) is 0 Å². The number of aromatic nitrogens is 1. The summed E-state index contributed by atoms with van der Waals surface area (Å²) in [5.74, 6) is 1.46. The van der Waals surface area contributed by atoms with E-state index in [0.717, 1.165) is 17.5 Å². The van der Waals surface area contributed by atoms with Crippen molar-refractivity contribution in [3.63, 3.8) is 0 Å². The van der Waals surface area contributed by atoms with Gasteiger partial charge in [-0.05, 0) is 92.0 Å². The smallest absolute Gasteiger partial charge is 0.130 e. The summed E-state index contributed by atoms with van der Waals surface area (Å²) in [6.45, 7) is 1.87. The van der Waals surface area contributed by atoms with Gasteiger partial charge in [-0.15, -0.1) is 0 Å². The highest BCUT2D eigenvalue weighted by Crippen LogP contribution is 2.45. The van der Waals surface area contributed by atoms with Crippen LogP contribution < -0.4 is 5.32 Å². The van der Waals surface area contributed by atoms with Crippen LogP contribution in [0.5, 0.6) is 0 Å². The molecule has 0 spiro atoms. The number of nitrogens with one attached hydrogen (secondary N) is 1. The average molecular weight is 397 g/mol. The van der Waals surface area contributed by atoms with Crippen molar-refractivity contribution in [2.75, 3.05) is 5.32 Å². The molecule has 30 heavy (non-hydrogen) atoms. The van der Waals surface area contributed by atoms with Gasteiger partial charge in [0.1, 0.15) is 6.17 Å². The van der Waals surface area contributed by atoms with Crippen molar-refractivity contribution in [2.45, 2.75) is 56.7 Å². The van der Waals surface area contributed by atoms with E-state index in [2.05, 4.69) is 58.4 Å². The standard InChI is InChI=1S/C27H28N2O/c1-17(30)27(28-22-5-3-2-4-6-22)29-25-13-11-20(18-7-8-18)15-23(25)24-16-21(19-9-10-19)12-14-26(24)29/h2-6,11-19,27-28,30H,7-10H2,1H3. The Morgan fingerprint density at radius 2 is 1.33 bits per heavy atom. The number of hydrogen-bond donors (Lipinski definition) is 2. The van der Waals surface area contributed by atoms with Gasteiger partial charge in [-0.25, -0.2) is 0 Å². The number of anilines is 1. The number of hydrogen-bond acceptors (Lipinski definition) is 2. The second-order valence-electron chi connectivity index (χ2n) is 9.17. The number of rotatable bonds is 6. The molecule has 152 valence electrons. The molecule has 3 aromatic carbocycles. The van der Waals surface area contributed by atoms with Crippen LogP contribution in [0, 0.1) is 0 Å². The zero-order valence-corrected chi connectivity index (χ0v) is 17.4. The van der Waals surface area contributed by atoms with Crippen LogP contribution in [0.25, 0.3) is 21.8 Å². The molecule has 2 aliphatic rings. The van der Waals surface area contributed by atoms with Crippen molar-refractivity contribution in [3.8, 4) is 0 Å². The molecule has 2 unspecified atom stereocenters. The summed E-state index contributed by atoms with van der Waals surface area (Å²) >= 11 is 0.